The molecular formula is C16H13F4NO2S. The topological polar surface area (TPSA) is 41.5 Å². The molecule has 0 bridgehead atoms. The number of fused-ring (bicyclic) bond motifs is 1. The van der Waals surface area contributed by atoms with Crippen LogP contribution in [0.1, 0.15) is 17.2 Å². The average Bonchev–Trinajstić information content (AvgIpc) is 2.72. The largest absolute Gasteiger partial charge is 0.457 e. The summed E-state index contributed by atoms with van der Waals surface area (Å²) in [5.74, 6) is -5.12. The van der Waals surface area contributed by atoms with E-state index in [0.717, 1.165) is 24.1 Å². The second-order valence-electron chi connectivity index (χ2n) is 5.31. The summed E-state index contributed by atoms with van der Waals surface area (Å²) in [6, 6.07) is 5.54. The fraction of sp³-hybridized carbons (Fsp3) is 0.250. The molecule has 0 aromatic heterocycles. The number of benzene rings is 2. The van der Waals surface area contributed by atoms with Gasteiger partial charge < -0.3 is 9.84 Å². The summed E-state index contributed by atoms with van der Waals surface area (Å²) in [6.07, 6.45) is -2.68. The first kappa shape index (κ1) is 17.1. The van der Waals surface area contributed by atoms with Crippen LogP contribution in [0.3, 0.4) is 0 Å². The van der Waals surface area contributed by atoms with Gasteiger partial charge in [-0.2, -0.15) is 0 Å². The number of alkyl halides is 2. The molecule has 2 aromatic rings. The summed E-state index contributed by atoms with van der Waals surface area (Å²) >= 11 is 1.09. The number of rotatable bonds is 4. The zero-order chi connectivity index (χ0) is 17.5. The van der Waals surface area contributed by atoms with Gasteiger partial charge in [0.2, 0.25) is 0 Å². The van der Waals surface area contributed by atoms with Crippen LogP contribution in [-0.2, 0) is 6.42 Å². The second-order valence-corrected chi connectivity index (χ2v) is 6.36. The van der Waals surface area contributed by atoms with E-state index in [4.69, 9.17) is 4.74 Å². The number of hydrogen-bond donors (Lipinski definition) is 2. The van der Waals surface area contributed by atoms with Gasteiger partial charge in [0.05, 0.1) is 0 Å². The molecule has 0 radical (unpaired) electrons. The van der Waals surface area contributed by atoms with Crippen LogP contribution < -0.4 is 9.46 Å². The first-order valence-corrected chi connectivity index (χ1v) is 7.82. The SMILES string of the molecule is CNSc1ccc(Oc2cc(F)cc(F)c2)c2c1[C@H](O)C(F)(F)C2. The van der Waals surface area contributed by atoms with Crippen LogP contribution in [0, 0.1) is 11.6 Å². The van der Waals surface area contributed by atoms with Crippen molar-refractivity contribution >= 4 is 11.9 Å². The van der Waals surface area contributed by atoms with Crippen LogP contribution in [0.5, 0.6) is 11.5 Å². The van der Waals surface area contributed by atoms with Gasteiger partial charge in [0.25, 0.3) is 5.92 Å². The highest BCUT2D eigenvalue weighted by Gasteiger charge is 2.49. The van der Waals surface area contributed by atoms with Crippen molar-refractivity contribution in [1.29, 1.82) is 0 Å². The van der Waals surface area contributed by atoms with E-state index in [1.54, 1.807) is 7.05 Å². The molecule has 0 fully saturated rings. The van der Waals surface area contributed by atoms with Gasteiger partial charge in [0.1, 0.15) is 29.2 Å². The second kappa shape index (κ2) is 6.27. The molecule has 0 heterocycles. The van der Waals surface area contributed by atoms with Crippen molar-refractivity contribution in [2.45, 2.75) is 23.3 Å². The first-order valence-electron chi connectivity index (χ1n) is 7.01. The molecule has 0 saturated carbocycles. The third-order valence-electron chi connectivity index (χ3n) is 3.64. The van der Waals surface area contributed by atoms with Gasteiger partial charge in [0.15, 0.2) is 0 Å². The number of hydrogen-bond acceptors (Lipinski definition) is 4. The standard InChI is InChI=1S/C16H13F4NO2S/c1-21-24-13-3-2-12(11-7-16(19,20)15(22)14(11)13)23-10-5-8(17)4-9(18)6-10/h2-6,15,21-22H,7H2,1H3/t15-/m0/s1. The summed E-state index contributed by atoms with van der Waals surface area (Å²) in [6.45, 7) is 0. The smallest absolute Gasteiger partial charge is 0.281 e. The lowest BCUT2D eigenvalue weighted by Crippen LogP contribution is -2.21. The van der Waals surface area contributed by atoms with Crippen LogP contribution in [0.4, 0.5) is 17.6 Å². The molecular weight excluding hydrogens is 346 g/mol. The Morgan fingerprint density at radius 3 is 2.50 bits per heavy atom. The van der Waals surface area contributed by atoms with Gasteiger partial charge in [-0.3, -0.25) is 4.72 Å². The zero-order valence-corrected chi connectivity index (χ0v) is 13.3. The van der Waals surface area contributed by atoms with Gasteiger partial charge in [-0.1, -0.05) is 0 Å². The summed E-state index contributed by atoms with van der Waals surface area (Å²) in [4.78, 5) is 0.440. The molecule has 1 aliphatic rings. The molecule has 1 aliphatic carbocycles. The van der Waals surface area contributed by atoms with Crippen molar-refractivity contribution in [3.63, 3.8) is 0 Å². The van der Waals surface area contributed by atoms with Crippen LogP contribution in [-0.4, -0.2) is 18.1 Å². The molecule has 128 valence electrons. The third-order valence-corrected chi connectivity index (χ3v) is 4.42. The maximum atomic E-state index is 13.9. The van der Waals surface area contributed by atoms with E-state index >= 15 is 0 Å². The van der Waals surface area contributed by atoms with Gasteiger partial charge in [-0.15, -0.1) is 0 Å². The summed E-state index contributed by atoms with van der Waals surface area (Å²) in [7, 11) is 1.62. The Hall–Kier alpha value is -1.77. The molecule has 8 heteroatoms. The number of halogens is 4. The van der Waals surface area contributed by atoms with E-state index in [9.17, 15) is 22.7 Å². The lowest BCUT2D eigenvalue weighted by molar-refractivity contribution is -0.0976. The lowest BCUT2D eigenvalue weighted by atomic mass is 10.1. The van der Waals surface area contributed by atoms with Crippen molar-refractivity contribution in [3.05, 3.63) is 53.1 Å². The van der Waals surface area contributed by atoms with Crippen LogP contribution >= 0.6 is 11.9 Å². The molecule has 24 heavy (non-hydrogen) atoms. The Balaban J connectivity index is 2.04. The molecule has 1 atom stereocenters. The van der Waals surface area contributed by atoms with E-state index in [2.05, 4.69) is 4.72 Å². The van der Waals surface area contributed by atoms with E-state index < -0.39 is 30.1 Å². The van der Waals surface area contributed by atoms with Gasteiger partial charge in [-0.25, -0.2) is 17.6 Å². The summed E-state index contributed by atoms with van der Waals surface area (Å²) < 4.78 is 62.6. The Morgan fingerprint density at radius 2 is 1.88 bits per heavy atom. The van der Waals surface area contributed by atoms with Crippen molar-refractivity contribution in [2.24, 2.45) is 0 Å². The monoisotopic (exact) mass is 359 g/mol. The van der Waals surface area contributed by atoms with E-state index in [1.807, 2.05) is 0 Å². The maximum Gasteiger partial charge on any atom is 0.281 e. The van der Waals surface area contributed by atoms with Gasteiger partial charge in [-0.05, 0) is 31.1 Å². The number of aliphatic hydroxyl groups excluding tert-OH is 1. The Kier molecular flexibility index (Phi) is 4.46. The maximum absolute atomic E-state index is 13.9. The predicted octanol–water partition coefficient (Wildman–Crippen LogP) is 4.21. The average molecular weight is 359 g/mol. The van der Waals surface area contributed by atoms with Crippen molar-refractivity contribution in [2.75, 3.05) is 7.05 Å². The molecule has 0 spiro atoms. The fourth-order valence-electron chi connectivity index (χ4n) is 2.66. The predicted molar refractivity (Wildman–Crippen MR) is 81.4 cm³/mol. The molecule has 2 N–H and O–H groups in total. The quantitative estimate of drug-likeness (QED) is 0.634. The number of nitrogens with one attached hydrogen (secondary N) is 1. The molecule has 0 saturated heterocycles. The van der Waals surface area contributed by atoms with Crippen LogP contribution in [0.2, 0.25) is 0 Å². The lowest BCUT2D eigenvalue weighted by Gasteiger charge is -2.16. The van der Waals surface area contributed by atoms with Crippen molar-refractivity contribution in [1.82, 2.24) is 4.72 Å². The van der Waals surface area contributed by atoms with Crippen molar-refractivity contribution < 1.29 is 27.4 Å². The summed E-state index contributed by atoms with van der Waals surface area (Å²) in [5, 5.41) is 9.93. The Bertz CT molecular complexity index is 765. The normalized spacial score (nSPS) is 18.5. The van der Waals surface area contributed by atoms with Crippen molar-refractivity contribution in [3.8, 4) is 11.5 Å². The highest BCUT2D eigenvalue weighted by atomic mass is 32.2. The molecule has 0 unspecified atom stereocenters. The highest BCUT2D eigenvalue weighted by Crippen LogP contribution is 2.50. The number of aliphatic hydroxyl groups is 1. The molecule has 2 aromatic carbocycles. The molecule has 3 nitrogen and oxygen atoms in total. The van der Waals surface area contributed by atoms with E-state index in [-0.39, 0.29) is 22.6 Å². The minimum absolute atomic E-state index is 0.0340. The minimum Gasteiger partial charge on any atom is -0.457 e. The van der Waals surface area contributed by atoms with Gasteiger partial charge >= 0.3 is 0 Å². The first-order chi connectivity index (χ1) is 11.3. The molecule has 0 aliphatic heterocycles. The number of ether oxygens (including phenoxy) is 1. The Labute approximate surface area is 139 Å². The molecule has 0 amide bonds. The zero-order valence-electron chi connectivity index (χ0n) is 12.4. The third kappa shape index (κ3) is 3.09. The van der Waals surface area contributed by atoms with E-state index in [0.29, 0.717) is 11.0 Å². The highest BCUT2D eigenvalue weighted by molar-refractivity contribution is 7.97. The fourth-order valence-corrected chi connectivity index (χ4v) is 3.36. The Morgan fingerprint density at radius 1 is 1.21 bits per heavy atom. The van der Waals surface area contributed by atoms with E-state index in [1.165, 1.54) is 12.1 Å². The summed E-state index contributed by atoms with van der Waals surface area (Å²) in [5.41, 5.74) is 0.186. The minimum atomic E-state index is -3.34. The van der Waals surface area contributed by atoms with Gasteiger partial charge in [0, 0.05) is 40.6 Å². The van der Waals surface area contributed by atoms with Crippen LogP contribution in [0.25, 0.3) is 0 Å². The molecule has 3 rings (SSSR count). The van der Waals surface area contributed by atoms with Crippen LogP contribution in [0.15, 0.2) is 35.2 Å².